The van der Waals surface area contributed by atoms with Gasteiger partial charge in [0.25, 0.3) is 11.8 Å². The zero-order valence-electron chi connectivity index (χ0n) is 21.0. The van der Waals surface area contributed by atoms with Crippen LogP contribution in [0.1, 0.15) is 66.4 Å². The van der Waals surface area contributed by atoms with Crippen LogP contribution in [0.5, 0.6) is 0 Å². The Morgan fingerprint density at radius 3 is 2.26 bits per heavy atom. The lowest BCUT2D eigenvalue weighted by molar-refractivity contribution is -0.123. The molecule has 5 N–H and O–H groups in total. The van der Waals surface area contributed by atoms with E-state index >= 15 is 0 Å². The molecule has 3 amide bonds. The van der Waals surface area contributed by atoms with Crippen LogP contribution in [-0.2, 0) is 18.3 Å². The summed E-state index contributed by atoms with van der Waals surface area (Å²) < 4.78 is 1.64. The van der Waals surface area contributed by atoms with Crippen LogP contribution < -0.4 is 16.0 Å². The summed E-state index contributed by atoms with van der Waals surface area (Å²) in [6.45, 7) is 5.73. The minimum absolute atomic E-state index is 0.0957. The second kappa shape index (κ2) is 13.7. The standard InChI is InChI=1S/C25H37BN4O5/c1-5-6-8-18-10-12-19(13-11-18)23(31)28-20(16-27-25(33)21-9-7-14-30(21)4)24(32)29-22(26(34)35)15-17(2)3/h7,9-14,17,20,22,34-35H,5-6,8,15-16H2,1-4H3,(H,27,33)(H,28,31)(H,29,32)/t20-,22-/m0/s1. The molecule has 35 heavy (non-hydrogen) atoms. The van der Waals surface area contributed by atoms with Gasteiger partial charge >= 0.3 is 7.12 Å². The zero-order valence-corrected chi connectivity index (χ0v) is 21.0. The van der Waals surface area contributed by atoms with Crippen LogP contribution in [-0.4, -0.2) is 58.0 Å². The number of nitrogens with zero attached hydrogens (tertiary/aromatic N) is 1. The van der Waals surface area contributed by atoms with Crippen LogP contribution in [0.2, 0.25) is 0 Å². The lowest BCUT2D eigenvalue weighted by Gasteiger charge is -2.24. The fourth-order valence-electron chi connectivity index (χ4n) is 3.68. The molecule has 0 aliphatic carbocycles. The maximum Gasteiger partial charge on any atom is 0.475 e. The van der Waals surface area contributed by atoms with Crippen LogP contribution in [0.25, 0.3) is 0 Å². The van der Waals surface area contributed by atoms with Gasteiger partial charge in [0.15, 0.2) is 0 Å². The number of aromatic nitrogens is 1. The van der Waals surface area contributed by atoms with Gasteiger partial charge in [-0.2, -0.15) is 0 Å². The van der Waals surface area contributed by atoms with Gasteiger partial charge < -0.3 is 30.6 Å². The van der Waals surface area contributed by atoms with Crippen LogP contribution in [0, 0.1) is 5.92 Å². The molecule has 2 atom stereocenters. The van der Waals surface area contributed by atoms with E-state index in [1.54, 1.807) is 42.1 Å². The van der Waals surface area contributed by atoms with Crippen molar-refractivity contribution < 1.29 is 24.4 Å². The van der Waals surface area contributed by atoms with E-state index in [1.807, 2.05) is 26.0 Å². The van der Waals surface area contributed by atoms with Crippen molar-refractivity contribution in [3.63, 3.8) is 0 Å². The van der Waals surface area contributed by atoms with E-state index in [1.165, 1.54) is 0 Å². The van der Waals surface area contributed by atoms with Gasteiger partial charge in [-0.3, -0.25) is 14.4 Å². The third-order valence-electron chi connectivity index (χ3n) is 5.71. The lowest BCUT2D eigenvalue weighted by atomic mass is 9.75. The van der Waals surface area contributed by atoms with Crippen LogP contribution in [0.15, 0.2) is 42.6 Å². The second-order valence-electron chi connectivity index (χ2n) is 9.20. The van der Waals surface area contributed by atoms with E-state index in [-0.39, 0.29) is 12.5 Å². The van der Waals surface area contributed by atoms with Crippen molar-refractivity contribution in [2.75, 3.05) is 6.54 Å². The quantitative estimate of drug-likeness (QED) is 0.275. The zero-order chi connectivity index (χ0) is 26.0. The molecule has 0 spiro atoms. The van der Waals surface area contributed by atoms with Gasteiger partial charge in [-0.25, -0.2) is 0 Å². The fourth-order valence-corrected chi connectivity index (χ4v) is 3.68. The Bertz CT molecular complexity index is 974. The number of hydrogen-bond donors (Lipinski definition) is 5. The molecular formula is C25H37BN4O5. The number of unbranched alkanes of at least 4 members (excludes halogenated alkanes) is 1. The van der Waals surface area contributed by atoms with Crippen molar-refractivity contribution in [2.24, 2.45) is 13.0 Å². The molecule has 0 saturated carbocycles. The van der Waals surface area contributed by atoms with Crippen molar-refractivity contribution in [2.45, 2.75) is 58.4 Å². The Kier molecular flexibility index (Phi) is 11.0. The van der Waals surface area contributed by atoms with Crippen LogP contribution in [0.3, 0.4) is 0 Å². The van der Waals surface area contributed by atoms with Gasteiger partial charge in [0.05, 0.1) is 5.94 Å². The first-order valence-electron chi connectivity index (χ1n) is 12.1. The third-order valence-corrected chi connectivity index (χ3v) is 5.71. The largest absolute Gasteiger partial charge is 0.475 e. The Balaban J connectivity index is 2.14. The van der Waals surface area contributed by atoms with E-state index in [0.717, 1.165) is 24.8 Å². The number of aryl methyl sites for hydroxylation is 2. The topological polar surface area (TPSA) is 133 Å². The molecule has 0 aliphatic heterocycles. The molecule has 10 heteroatoms. The van der Waals surface area contributed by atoms with Gasteiger partial charge in [0, 0.05) is 25.4 Å². The predicted octanol–water partition coefficient (Wildman–Crippen LogP) is 1.44. The number of nitrogens with one attached hydrogen (secondary N) is 3. The SMILES string of the molecule is CCCCc1ccc(C(=O)N[C@@H](CNC(=O)c2cccn2C)C(=O)N[C@@H](CC(C)C)B(O)O)cc1. The highest BCUT2D eigenvalue weighted by atomic mass is 16.4. The summed E-state index contributed by atoms with van der Waals surface area (Å²) in [7, 11) is -0.0316. The van der Waals surface area contributed by atoms with Gasteiger partial charge in [-0.05, 0) is 55.0 Å². The number of benzene rings is 1. The summed E-state index contributed by atoms with van der Waals surface area (Å²) in [4.78, 5) is 38.5. The summed E-state index contributed by atoms with van der Waals surface area (Å²) in [5.74, 6) is -2.30. The molecule has 0 radical (unpaired) electrons. The molecule has 0 aliphatic rings. The number of amides is 3. The minimum Gasteiger partial charge on any atom is -0.426 e. The van der Waals surface area contributed by atoms with E-state index in [2.05, 4.69) is 22.9 Å². The lowest BCUT2D eigenvalue weighted by Crippen LogP contribution is -2.57. The Hall–Kier alpha value is -3.11. The maximum atomic E-state index is 13.0. The smallest absolute Gasteiger partial charge is 0.426 e. The molecular weight excluding hydrogens is 447 g/mol. The normalized spacial score (nSPS) is 12.7. The van der Waals surface area contributed by atoms with Crippen molar-refractivity contribution in [1.82, 2.24) is 20.5 Å². The molecule has 0 unspecified atom stereocenters. The van der Waals surface area contributed by atoms with Crippen molar-refractivity contribution in [1.29, 1.82) is 0 Å². The van der Waals surface area contributed by atoms with E-state index in [9.17, 15) is 24.4 Å². The first kappa shape index (κ1) is 28.1. The fraction of sp³-hybridized carbons (Fsp3) is 0.480. The van der Waals surface area contributed by atoms with Crippen molar-refractivity contribution in [3.8, 4) is 0 Å². The van der Waals surface area contributed by atoms with Crippen LogP contribution >= 0.6 is 0 Å². The molecule has 1 heterocycles. The number of hydrogen-bond acceptors (Lipinski definition) is 5. The van der Waals surface area contributed by atoms with E-state index < -0.39 is 36.8 Å². The highest BCUT2D eigenvalue weighted by Gasteiger charge is 2.30. The molecule has 190 valence electrons. The van der Waals surface area contributed by atoms with Crippen molar-refractivity contribution >= 4 is 24.8 Å². The number of carbonyl (C=O) groups excluding carboxylic acids is 3. The predicted molar refractivity (Wildman–Crippen MR) is 136 cm³/mol. The van der Waals surface area contributed by atoms with Gasteiger partial charge in [-0.15, -0.1) is 0 Å². The first-order chi connectivity index (χ1) is 16.6. The minimum atomic E-state index is -1.76. The summed E-state index contributed by atoms with van der Waals surface area (Å²) >= 11 is 0. The summed E-state index contributed by atoms with van der Waals surface area (Å²) in [5, 5.41) is 27.3. The molecule has 0 bridgehead atoms. The highest BCUT2D eigenvalue weighted by Crippen LogP contribution is 2.09. The molecule has 1 aromatic carbocycles. The average molecular weight is 484 g/mol. The summed E-state index contributed by atoms with van der Waals surface area (Å²) in [5.41, 5.74) is 1.92. The number of rotatable bonds is 13. The molecule has 0 saturated heterocycles. The van der Waals surface area contributed by atoms with Gasteiger partial charge in [-0.1, -0.05) is 39.3 Å². The van der Waals surface area contributed by atoms with E-state index in [4.69, 9.17) is 0 Å². The first-order valence-corrected chi connectivity index (χ1v) is 12.1. The van der Waals surface area contributed by atoms with Gasteiger partial charge in [0.2, 0.25) is 5.91 Å². The average Bonchev–Trinajstić information content (AvgIpc) is 3.25. The third kappa shape index (κ3) is 8.88. The Morgan fingerprint density at radius 1 is 1.03 bits per heavy atom. The second-order valence-corrected chi connectivity index (χ2v) is 9.20. The molecule has 9 nitrogen and oxygen atoms in total. The van der Waals surface area contributed by atoms with Crippen molar-refractivity contribution in [3.05, 3.63) is 59.4 Å². The highest BCUT2D eigenvalue weighted by molar-refractivity contribution is 6.43. The molecule has 0 fully saturated rings. The molecule has 1 aromatic heterocycles. The Labute approximate surface area is 207 Å². The van der Waals surface area contributed by atoms with E-state index in [0.29, 0.717) is 17.7 Å². The molecule has 2 rings (SSSR count). The van der Waals surface area contributed by atoms with Crippen LogP contribution in [0.4, 0.5) is 0 Å². The summed E-state index contributed by atoms with van der Waals surface area (Å²) in [6.07, 6.45) is 5.12. The summed E-state index contributed by atoms with van der Waals surface area (Å²) in [6, 6.07) is 9.43. The maximum absolute atomic E-state index is 13.0. The molecule has 2 aromatic rings. The monoisotopic (exact) mass is 484 g/mol. The van der Waals surface area contributed by atoms with Gasteiger partial charge in [0.1, 0.15) is 11.7 Å². The Morgan fingerprint density at radius 2 is 1.71 bits per heavy atom. The number of carbonyl (C=O) groups is 3.